The Morgan fingerprint density at radius 2 is 1.70 bits per heavy atom. The molecule has 126 valence electrons. The number of halogens is 2. The number of aliphatic carboxylic acids is 1. The molecule has 0 aromatic heterocycles. The number of carbonyl (C=O) groups is 2. The van der Waals surface area contributed by atoms with E-state index in [1.807, 2.05) is 12.1 Å². The maximum atomic E-state index is 11.9. The van der Waals surface area contributed by atoms with Gasteiger partial charge in [-0.05, 0) is 55.9 Å². The standard InChI is InChI=1S/C16H20Cl2N2O3/c17-12-7-10(8-13(18)9-12)5-6-19-16(23)20-14-3-1-11(2-4-14)15(21)22/h7-9,11,14H,1-6H2,(H,21,22)(H2,19,20,23). The van der Waals surface area contributed by atoms with Gasteiger partial charge in [0, 0.05) is 22.6 Å². The number of amides is 2. The minimum Gasteiger partial charge on any atom is -0.481 e. The third-order valence-corrected chi connectivity index (χ3v) is 4.47. The summed E-state index contributed by atoms with van der Waals surface area (Å²) in [4.78, 5) is 22.7. The zero-order valence-corrected chi connectivity index (χ0v) is 14.2. The van der Waals surface area contributed by atoms with Crippen molar-refractivity contribution in [2.45, 2.75) is 38.1 Å². The van der Waals surface area contributed by atoms with Crippen LogP contribution in [0, 0.1) is 5.92 Å². The van der Waals surface area contributed by atoms with Gasteiger partial charge >= 0.3 is 12.0 Å². The smallest absolute Gasteiger partial charge is 0.315 e. The number of carbonyl (C=O) groups excluding carboxylic acids is 1. The topological polar surface area (TPSA) is 78.4 Å². The van der Waals surface area contributed by atoms with E-state index >= 15 is 0 Å². The fourth-order valence-electron chi connectivity index (χ4n) is 2.80. The molecule has 1 aromatic rings. The highest BCUT2D eigenvalue weighted by molar-refractivity contribution is 6.34. The van der Waals surface area contributed by atoms with Gasteiger partial charge in [-0.1, -0.05) is 23.2 Å². The highest BCUT2D eigenvalue weighted by Crippen LogP contribution is 2.24. The molecule has 0 heterocycles. The molecule has 3 N–H and O–H groups in total. The van der Waals surface area contributed by atoms with Gasteiger partial charge in [-0.15, -0.1) is 0 Å². The average molecular weight is 359 g/mol. The Morgan fingerprint density at radius 3 is 2.26 bits per heavy atom. The first-order valence-electron chi connectivity index (χ1n) is 7.66. The molecular formula is C16H20Cl2N2O3. The zero-order chi connectivity index (χ0) is 16.8. The van der Waals surface area contributed by atoms with E-state index in [0.29, 0.717) is 48.7 Å². The van der Waals surface area contributed by atoms with E-state index in [2.05, 4.69) is 10.6 Å². The summed E-state index contributed by atoms with van der Waals surface area (Å²) < 4.78 is 0. The van der Waals surface area contributed by atoms with Crippen molar-refractivity contribution in [2.75, 3.05) is 6.54 Å². The number of carboxylic acid groups (broad SMARTS) is 1. The van der Waals surface area contributed by atoms with Crippen molar-refractivity contribution in [3.63, 3.8) is 0 Å². The first kappa shape index (κ1) is 17.9. The monoisotopic (exact) mass is 358 g/mol. The van der Waals surface area contributed by atoms with Crippen molar-refractivity contribution < 1.29 is 14.7 Å². The highest BCUT2D eigenvalue weighted by Gasteiger charge is 2.26. The van der Waals surface area contributed by atoms with Crippen LogP contribution in [0.25, 0.3) is 0 Å². The predicted molar refractivity (Wildman–Crippen MR) is 90.1 cm³/mol. The summed E-state index contributed by atoms with van der Waals surface area (Å²) in [5.74, 6) is -1.02. The van der Waals surface area contributed by atoms with E-state index in [1.54, 1.807) is 6.07 Å². The molecular weight excluding hydrogens is 339 g/mol. The molecule has 1 aliphatic carbocycles. The third kappa shape index (κ3) is 5.92. The molecule has 5 nitrogen and oxygen atoms in total. The van der Waals surface area contributed by atoms with Gasteiger partial charge in [0.05, 0.1) is 5.92 Å². The van der Waals surface area contributed by atoms with Crippen LogP contribution < -0.4 is 10.6 Å². The first-order valence-corrected chi connectivity index (χ1v) is 8.42. The van der Waals surface area contributed by atoms with Crippen LogP contribution in [0.1, 0.15) is 31.2 Å². The minimum atomic E-state index is -0.743. The van der Waals surface area contributed by atoms with Crippen molar-refractivity contribution >= 4 is 35.2 Å². The van der Waals surface area contributed by atoms with Crippen LogP contribution in [0.4, 0.5) is 4.79 Å². The number of hydrogen-bond donors (Lipinski definition) is 3. The first-order chi connectivity index (χ1) is 10.9. The molecule has 0 radical (unpaired) electrons. The molecule has 2 rings (SSSR count). The zero-order valence-electron chi connectivity index (χ0n) is 12.6. The van der Waals surface area contributed by atoms with Crippen LogP contribution >= 0.6 is 23.2 Å². The maximum Gasteiger partial charge on any atom is 0.315 e. The summed E-state index contributed by atoms with van der Waals surface area (Å²) in [6.45, 7) is 0.479. The Bertz CT molecular complexity index is 552. The largest absolute Gasteiger partial charge is 0.481 e. The van der Waals surface area contributed by atoms with Crippen molar-refractivity contribution in [3.05, 3.63) is 33.8 Å². The number of benzene rings is 1. The molecule has 1 aromatic carbocycles. The van der Waals surface area contributed by atoms with Crippen LogP contribution in [-0.4, -0.2) is 29.7 Å². The fraction of sp³-hybridized carbons (Fsp3) is 0.500. The lowest BCUT2D eigenvalue weighted by Crippen LogP contribution is -2.44. The lowest BCUT2D eigenvalue weighted by atomic mass is 9.86. The van der Waals surface area contributed by atoms with Gasteiger partial charge in [0.1, 0.15) is 0 Å². The summed E-state index contributed by atoms with van der Waals surface area (Å²) in [6.07, 6.45) is 3.27. The Balaban J connectivity index is 1.68. The van der Waals surface area contributed by atoms with Crippen LogP contribution in [-0.2, 0) is 11.2 Å². The second-order valence-corrected chi connectivity index (χ2v) is 6.69. The Kier molecular flexibility index (Phi) is 6.54. The molecule has 1 saturated carbocycles. The third-order valence-electron chi connectivity index (χ3n) is 4.03. The molecule has 0 atom stereocenters. The Morgan fingerprint density at radius 1 is 1.09 bits per heavy atom. The summed E-state index contributed by atoms with van der Waals surface area (Å²) in [6, 6.07) is 5.13. The molecule has 0 spiro atoms. The number of hydrogen-bond acceptors (Lipinski definition) is 2. The summed E-state index contributed by atoms with van der Waals surface area (Å²) in [7, 11) is 0. The van der Waals surface area contributed by atoms with Crippen LogP contribution in [0.2, 0.25) is 10.0 Å². The van der Waals surface area contributed by atoms with Crippen molar-refractivity contribution in [3.8, 4) is 0 Å². The van der Waals surface area contributed by atoms with Gasteiger partial charge in [0.25, 0.3) is 0 Å². The number of carboxylic acids is 1. The second-order valence-electron chi connectivity index (χ2n) is 5.81. The fourth-order valence-corrected chi connectivity index (χ4v) is 3.37. The van der Waals surface area contributed by atoms with E-state index in [9.17, 15) is 9.59 Å². The van der Waals surface area contributed by atoms with E-state index < -0.39 is 5.97 Å². The van der Waals surface area contributed by atoms with E-state index in [-0.39, 0.29) is 18.0 Å². The van der Waals surface area contributed by atoms with Crippen LogP contribution in [0.3, 0.4) is 0 Å². The summed E-state index contributed by atoms with van der Waals surface area (Å²) >= 11 is 11.9. The molecule has 0 saturated heterocycles. The second kappa shape index (κ2) is 8.41. The molecule has 0 unspecified atom stereocenters. The molecule has 0 aliphatic heterocycles. The molecule has 1 fully saturated rings. The molecule has 1 aliphatic rings. The molecule has 7 heteroatoms. The number of urea groups is 1. The molecule has 2 amide bonds. The molecule has 0 bridgehead atoms. The summed E-state index contributed by atoms with van der Waals surface area (Å²) in [5, 5.41) is 15.8. The Labute approximate surface area is 145 Å². The van der Waals surface area contributed by atoms with Gasteiger partial charge < -0.3 is 15.7 Å². The average Bonchev–Trinajstić information content (AvgIpc) is 2.46. The minimum absolute atomic E-state index is 0.0474. The lowest BCUT2D eigenvalue weighted by Gasteiger charge is -2.26. The van der Waals surface area contributed by atoms with Crippen molar-refractivity contribution in [2.24, 2.45) is 5.92 Å². The van der Waals surface area contributed by atoms with Crippen molar-refractivity contribution in [1.82, 2.24) is 10.6 Å². The lowest BCUT2D eigenvalue weighted by molar-refractivity contribution is -0.142. The van der Waals surface area contributed by atoms with Gasteiger partial charge in [0.15, 0.2) is 0 Å². The van der Waals surface area contributed by atoms with Crippen LogP contribution in [0.5, 0.6) is 0 Å². The van der Waals surface area contributed by atoms with Crippen LogP contribution in [0.15, 0.2) is 18.2 Å². The van der Waals surface area contributed by atoms with Gasteiger partial charge in [0.2, 0.25) is 0 Å². The number of nitrogens with one attached hydrogen (secondary N) is 2. The number of rotatable bonds is 5. The summed E-state index contributed by atoms with van der Waals surface area (Å²) in [5.41, 5.74) is 0.963. The van der Waals surface area contributed by atoms with E-state index in [1.165, 1.54) is 0 Å². The SMILES string of the molecule is O=C(NCCc1cc(Cl)cc(Cl)c1)NC1CCC(C(=O)O)CC1. The molecule has 23 heavy (non-hydrogen) atoms. The Hall–Kier alpha value is -1.46. The van der Waals surface area contributed by atoms with Gasteiger partial charge in [-0.3, -0.25) is 4.79 Å². The van der Waals surface area contributed by atoms with Crippen molar-refractivity contribution in [1.29, 1.82) is 0 Å². The van der Waals surface area contributed by atoms with Gasteiger partial charge in [-0.2, -0.15) is 0 Å². The maximum absolute atomic E-state index is 11.9. The normalized spacial score (nSPS) is 20.8. The van der Waals surface area contributed by atoms with E-state index in [0.717, 1.165) is 5.56 Å². The van der Waals surface area contributed by atoms with E-state index in [4.69, 9.17) is 28.3 Å². The predicted octanol–water partition coefficient (Wildman–Crippen LogP) is 3.48. The highest BCUT2D eigenvalue weighted by atomic mass is 35.5. The quantitative estimate of drug-likeness (QED) is 0.753. The van der Waals surface area contributed by atoms with Gasteiger partial charge in [-0.25, -0.2) is 4.79 Å².